The zero-order chi connectivity index (χ0) is 15.5. The van der Waals surface area contributed by atoms with E-state index in [2.05, 4.69) is 0 Å². The highest BCUT2D eigenvalue weighted by Crippen LogP contribution is 2.22. The third-order valence-corrected chi connectivity index (χ3v) is 4.35. The van der Waals surface area contributed by atoms with Crippen LogP contribution in [-0.4, -0.2) is 35.0 Å². The summed E-state index contributed by atoms with van der Waals surface area (Å²) in [6, 6.07) is 3.62. The second kappa shape index (κ2) is 6.60. The van der Waals surface area contributed by atoms with Gasteiger partial charge in [-0.15, -0.1) is 11.3 Å². The number of carbonyl (C=O) groups excluding carboxylic acids is 2. The Bertz CT molecular complexity index is 490. The fourth-order valence-corrected chi connectivity index (χ4v) is 3.22. The van der Waals surface area contributed by atoms with Crippen molar-refractivity contribution in [2.45, 2.75) is 58.1 Å². The molecule has 5 heteroatoms. The second-order valence-electron chi connectivity index (χ2n) is 6.36. The average molecular weight is 309 g/mol. The summed E-state index contributed by atoms with van der Waals surface area (Å²) in [6.45, 7) is 6.21. The molecule has 0 saturated carbocycles. The van der Waals surface area contributed by atoms with Crippen molar-refractivity contribution in [2.75, 3.05) is 6.54 Å². The summed E-state index contributed by atoms with van der Waals surface area (Å²) >= 11 is 1.66. The van der Waals surface area contributed by atoms with Crippen LogP contribution >= 0.6 is 11.3 Å². The Kier molecular flexibility index (Phi) is 5.04. The highest BCUT2D eigenvalue weighted by Gasteiger charge is 2.36. The molecule has 2 rings (SSSR count). The van der Waals surface area contributed by atoms with Crippen molar-refractivity contribution in [3.63, 3.8) is 0 Å². The van der Waals surface area contributed by atoms with Gasteiger partial charge in [-0.3, -0.25) is 4.79 Å². The molecule has 1 amide bonds. The second-order valence-corrected chi connectivity index (χ2v) is 7.39. The van der Waals surface area contributed by atoms with Gasteiger partial charge in [0, 0.05) is 17.8 Å². The normalized spacial score (nSPS) is 18.8. The molecule has 1 aromatic heterocycles. The lowest BCUT2D eigenvalue weighted by Gasteiger charge is -2.27. The third kappa shape index (κ3) is 4.56. The fraction of sp³-hybridized carbons (Fsp3) is 0.625. The van der Waals surface area contributed by atoms with E-state index < -0.39 is 11.6 Å². The summed E-state index contributed by atoms with van der Waals surface area (Å²) < 4.78 is 5.42. The Balaban J connectivity index is 1.91. The summed E-state index contributed by atoms with van der Waals surface area (Å²) in [5.41, 5.74) is -0.509. The van der Waals surface area contributed by atoms with Gasteiger partial charge in [0.05, 0.1) is 0 Å². The Morgan fingerprint density at radius 1 is 1.43 bits per heavy atom. The van der Waals surface area contributed by atoms with E-state index >= 15 is 0 Å². The van der Waals surface area contributed by atoms with E-state index in [-0.39, 0.29) is 11.9 Å². The zero-order valence-corrected chi connectivity index (χ0v) is 13.7. The summed E-state index contributed by atoms with van der Waals surface area (Å²) in [5.74, 6) is -0.221. The van der Waals surface area contributed by atoms with Crippen LogP contribution in [0.15, 0.2) is 17.5 Å². The number of nitrogens with zero attached hydrogens (tertiary/aromatic N) is 1. The van der Waals surface area contributed by atoms with E-state index in [4.69, 9.17) is 4.74 Å². The number of hydrogen-bond donors (Lipinski definition) is 0. The van der Waals surface area contributed by atoms with Crippen LogP contribution in [0.3, 0.4) is 0 Å². The molecule has 0 bridgehead atoms. The Morgan fingerprint density at radius 2 is 2.19 bits per heavy atom. The number of esters is 1. The van der Waals surface area contributed by atoms with E-state index in [1.807, 2.05) is 38.3 Å². The SMILES string of the molecule is CC(C)(C)OC(=O)[C@@H]1CCCN1C(=O)CCc1cccs1. The molecule has 1 aliphatic rings. The standard InChI is InChI=1S/C16H23NO3S/c1-16(2,3)20-15(19)13-7-4-10-17(13)14(18)9-8-12-6-5-11-21-12/h5-6,11,13H,4,7-10H2,1-3H3/t13-/m0/s1. The van der Waals surface area contributed by atoms with Crippen LogP contribution in [0.25, 0.3) is 0 Å². The van der Waals surface area contributed by atoms with Crippen molar-refractivity contribution in [2.24, 2.45) is 0 Å². The molecule has 0 N–H and O–H groups in total. The van der Waals surface area contributed by atoms with E-state index in [1.165, 1.54) is 4.88 Å². The first-order valence-electron chi connectivity index (χ1n) is 7.41. The first kappa shape index (κ1) is 16.0. The minimum atomic E-state index is -0.509. The van der Waals surface area contributed by atoms with E-state index in [1.54, 1.807) is 16.2 Å². The van der Waals surface area contributed by atoms with Crippen molar-refractivity contribution in [1.82, 2.24) is 4.90 Å². The summed E-state index contributed by atoms with van der Waals surface area (Å²) in [7, 11) is 0. The summed E-state index contributed by atoms with van der Waals surface area (Å²) in [6.07, 6.45) is 2.78. The number of hydrogen-bond acceptors (Lipinski definition) is 4. The lowest BCUT2D eigenvalue weighted by molar-refractivity contribution is -0.163. The molecule has 1 fully saturated rings. The quantitative estimate of drug-likeness (QED) is 0.803. The molecular formula is C16H23NO3S. The maximum absolute atomic E-state index is 12.3. The number of thiophene rings is 1. The van der Waals surface area contributed by atoms with Crippen molar-refractivity contribution in [3.05, 3.63) is 22.4 Å². The zero-order valence-electron chi connectivity index (χ0n) is 12.9. The Hall–Kier alpha value is -1.36. The van der Waals surface area contributed by atoms with Crippen LogP contribution in [0.1, 0.15) is 44.9 Å². The van der Waals surface area contributed by atoms with Crippen molar-refractivity contribution < 1.29 is 14.3 Å². The molecule has 0 radical (unpaired) electrons. The molecule has 0 unspecified atom stereocenters. The van der Waals surface area contributed by atoms with Gasteiger partial charge in [0.25, 0.3) is 0 Å². The number of aryl methyl sites for hydroxylation is 1. The topological polar surface area (TPSA) is 46.6 Å². The van der Waals surface area contributed by atoms with Crippen molar-refractivity contribution in [3.8, 4) is 0 Å². The number of likely N-dealkylation sites (tertiary alicyclic amines) is 1. The molecule has 2 heterocycles. The third-order valence-electron chi connectivity index (χ3n) is 3.42. The van der Waals surface area contributed by atoms with Crippen LogP contribution in [0, 0.1) is 0 Å². The first-order chi connectivity index (χ1) is 9.87. The molecule has 1 saturated heterocycles. The minimum Gasteiger partial charge on any atom is -0.458 e. The molecule has 21 heavy (non-hydrogen) atoms. The van der Waals surface area contributed by atoms with Gasteiger partial charge in [-0.05, 0) is 51.5 Å². The van der Waals surface area contributed by atoms with Crippen LogP contribution in [0.4, 0.5) is 0 Å². The van der Waals surface area contributed by atoms with Crippen molar-refractivity contribution in [1.29, 1.82) is 0 Å². The average Bonchev–Trinajstić information content (AvgIpc) is 3.05. The molecule has 116 valence electrons. The number of amides is 1. The van der Waals surface area contributed by atoms with Crippen LogP contribution in [0.2, 0.25) is 0 Å². The Morgan fingerprint density at radius 3 is 2.81 bits per heavy atom. The van der Waals surface area contributed by atoms with E-state index in [0.29, 0.717) is 19.4 Å². The van der Waals surface area contributed by atoms with Gasteiger partial charge < -0.3 is 9.64 Å². The van der Waals surface area contributed by atoms with Crippen LogP contribution in [-0.2, 0) is 20.7 Å². The van der Waals surface area contributed by atoms with Gasteiger partial charge >= 0.3 is 5.97 Å². The molecular weight excluding hydrogens is 286 g/mol. The van der Waals surface area contributed by atoms with Gasteiger partial charge in [-0.25, -0.2) is 4.79 Å². The smallest absolute Gasteiger partial charge is 0.329 e. The predicted molar refractivity (Wildman–Crippen MR) is 83.2 cm³/mol. The molecule has 1 atom stereocenters. The molecule has 0 aliphatic carbocycles. The molecule has 4 nitrogen and oxygen atoms in total. The van der Waals surface area contributed by atoms with Gasteiger partial charge in [0.15, 0.2) is 0 Å². The van der Waals surface area contributed by atoms with Gasteiger partial charge in [-0.2, -0.15) is 0 Å². The minimum absolute atomic E-state index is 0.0526. The molecule has 1 aliphatic heterocycles. The number of ether oxygens (including phenoxy) is 1. The lowest BCUT2D eigenvalue weighted by Crippen LogP contribution is -2.43. The van der Waals surface area contributed by atoms with Gasteiger partial charge in [0.2, 0.25) is 5.91 Å². The van der Waals surface area contributed by atoms with E-state index in [0.717, 1.165) is 12.8 Å². The summed E-state index contributed by atoms with van der Waals surface area (Å²) in [4.78, 5) is 27.4. The number of carbonyl (C=O) groups is 2. The maximum Gasteiger partial charge on any atom is 0.329 e. The van der Waals surface area contributed by atoms with Crippen LogP contribution < -0.4 is 0 Å². The lowest BCUT2D eigenvalue weighted by atomic mass is 10.1. The number of rotatable bonds is 4. The largest absolute Gasteiger partial charge is 0.458 e. The van der Waals surface area contributed by atoms with Gasteiger partial charge in [0.1, 0.15) is 11.6 Å². The van der Waals surface area contributed by atoms with Crippen LogP contribution in [0.5, 0.6) is 0 Å². The molecule has 1 aromatic rings. The van der Waals surface area contributed by atoms with Gasteiger partial charge in [-0.1, -0.05) is 6.07 Å². The molecule has 0 aromatic carbocycles. The monoisotopic (exact) mass is 309 g/mol. The Labute approximate surface area is 130 Å². The van der Waals surface area contributed by atoms with Crippen molar-refractivity contribution >= 4 is 23.2 Å². The molecule has 0 spiro atoms. The fourth-order valence-electron chi connectivity index (χ4n) is 2.51. The summed E-state index contributed by atoms with van der Waals surface area (Å²) in [5, 5.41) is 2.01. The van der Waals surface area contributed by atoms with E-state index in [9.17, 15) is 9.59 Å². The first-order valence-corrected chi connectivity index (χ1v) is 8.29. The highest BCUT2D eigenvalue weighted by atomic mass is 32.1. The maximum atomic E-state index is 12.3. The highest BCUT2D eigenvalue weighted by molar-refractivity contribution is 7.09. The predicted octanol–water partition coefficient (Wildman–Crippen LogP) is 3.01.